The number of nitrogens with zero attached hydrogens (tertiary/aromatic N) is 1. The van der Waals surface area contributed by atoms with Gasteiger partial charge in [0.2, 0.25) is 5.91 Å². The van der Waals surface area contributed by atoms with Gasteiger partial charge in [-0.2, -0.15) is 0 Å². The highest BCUT2D eigenvalue weighted by molar-refractivity contribution is 9.10. The highest BCUT2D eigenvalue weighted by Gasteiger charge is 2.36. The van der Waals surface area contributed by atoms with Crippen molar-refractivity contribution in [2.24, 2.45) is 5.73 Å². The second-order valence-electron chi connectivity index (χ2n) is 6.83. The Morgan fingerprint density at radius 3 is 2.59 bits per heavy atom. The number of halogens is 1. The summed E-state index contributed by atoms with van der Waals surface area (Å²) in [6.45, 7) is -0.497. The first-order valence-electron chi connectivity index (χ1n) is 9.36. The lowest BCUT2D eigenvalue weighted by Crippen LogP contribution is -2.36. The minimum Gasteiger partial charge on any atom is -0.422 e. The maximum Gasteiger partial charge on any atom is 0.344 e. The fourth-order valence-electron chi connectivity index (χ4n) is 3.22. The normalized spacial score (nSPS) is 14.9. The monoisotopic (exact) mass is 510 g/mol. The molecule has 1 aliphatic heterocycles. The summed E-state index contributed by atoms with van der Waals surface area (Å²) in [5.74, 6) is -1.76. The Labute approximate surface area is 195 Å². The molecule has 9 heteroatoms. The van der Waals surface area contributed by atoms with E-state index in [1.165, 1.54) is 6.08 Å². The molecule has 0 aliphatic carbocycles. The van der Waals surface area contributed by atoms with E-state index >= 15 is 0 Å². The number of nitrogens with two attached hydrogens (primary N) is 1. The molecule has 0 spiro atoms. The summed E-state index contributed by atoms with van der Waals surface area (Å²) in [5, 5.41) is 1.07. The van der Waals surface area contributed by atoms with Gasteiger partial charge in [-0.3, -0.25) is 19.3 Å². The molecule has 7 nitrogen and oxygen atoms in total. The van der Waals surface area contributed by atoms with E-state index in [2.05, 4.69) is 15.9 Å². The lowest BCUT2D eigenvalue weighted by Gasteiger charge is -2.11. The van der Waals surface area contributed by atoms with Crippen LogP contribution in [0.5, 0.6) is 5.75 Å². The molecule has 160 valence electrons. The predicted octanol–water partition coefficient (Wildman–Crippen LogP) is 4.34. The molecule has 1 saturated heterocycles. The van der Waals surface area contributed by atoms with Crippen LogP contribution in [0.15, 0.2) is 70.0 Å². The molecule has 1 heterocycles. The van der Waals surface area contributed by atoms with Crippen LogP contribution in [-0.2, 0) is 9.59 Å². The van der Waals surface area contributed by atoms with Crippen LogP contribution >= 0.6 is 27.7 Å². The standard InChI is InChI=1S/C23H15BrN2O5S/c24-15-8-9-18(31-22(29)17-7-3-5-13-4-1-2-6-16(13)17)14(10-15)11-19-21(28)26(12-20(25)27)23(30)32-19/h1-11H,12H2,(H2,25,27)/b19-11-. The molecule has 1 fully saturated rings. The zero-order chi connectivity index (χ0) is 22.8. The van der Waals surface area contributed by atoms with E-state index in [4.69, 9.17) is 10.5 Å². The zero-order valence-corrected chi connectivity index (χ0v) is 18.8. The van der Waals surface area contributed by atoms with Crippen molar-refractivity contribution in [3.05, 3.63) is 81.2 Å². The van der Waals surface area contributed by atoms with Crippen molar-refractivity contribution in [3.8, 4) is 5.75 Å². The van der Waals surface area contributed by atoms with Crippen molar-refractivity contribution in [1.82, 2.24) is 4.90 Å². The quantitative estimate of drug-likeness (QED) is 0.310. The number of rotatable bonds is 5. The summed E-state index contributed by atoms with van der Waals surface area (Å²) in [6, 6.07) is 17.8. The third kappa shape index (κ3) is 4.44. The third-order valence-electron chi connectivity index (χ3n) is 4.66. The lowest BCUT2D eigenvalue weighted by molar-refractivity contribution is -0.127. The molecule has 1 aliphatic rings. The smallest absolute Gasteiger partial charge is 0.344 e. The van der Waals surface area contributed by atoms with E-state index < -0.39 is 29.6 Å². The lowest BCUT2D eigenvalue weighted by atomic mass is 10.0. The van der Waals surface area contributed by atoms with Gasteiger partial charge in [-0.25, -0.2) is 4.79 Å². The summed E-state index contributed by atoms with van der Waals surface area (Å²) in [7, 11) is 0. The fraction of sp³-hybridized carbons (Fsp3) is 0.0435. The van der Waals surface area contributed by atoms with Crippen molar-refractivity contribution in [2.45, 2.75) is 0 Å². The highest BCUT2D eigenvalue weighted by atomic mass is 79.9. The fourth-order valence-corrected chi connectivity index (χ4v) is 4.42. The minimum absolute atomic E-state index is 0.0943. The molecule has 0 unspecified atom stereocenters. The number of benzene rings is 3. The number of thioether (sulfide) groups is 1. The van der Waals surface area contributed by atoms with Gasteiger partial charge in [0, 0.05) is 10.0 Å². The number of carbonyl (C=O) groups excluding carboxylic acids is 4. The van der Waals surface area contributed by atoms with Gasteiger partial charge in [-0.15, -0.1) is 0 Å². The third-order valence-corrected chi connectivity index (χ3v) is 6.06. The van der Waals surface area contributed by atoms with Crippen LogP contribution in [0.3, 0.4) is 0 Å². The Morgan fingerprint density at radius 2 is 1.81 bits per heavy atom. The second kappa shape index (κ2) is 8.97. The van der Waals surface area contributed by atoms with E-state index in [9.17, 15) is 19.2 Å². The van der Waals surface area contributed by atoms with Crippen molar-refractivity contribution >= 4 is 67.6 Å². The molecule has 3 aromatic carbocycles. The molecule has 0 aromatic heterocycles. The largest absolute Gasteiger partial charge is 0.422 e. The SMILES string of the molecule is NC(=O)CN1C(=O)S/C(=C\c2cc(Br)ccc2OC(=O)c2cccc3ccccc23)C1=O. The van der Waals surface area contributed by atoms with Gasteiger partial charge in [0.1, 0.15) is 12.3 Å². The van der Waals surface area contributed by atoms with E-state index in [1.54, 1.807) is 30.3 Å². The first-order valence-corrected chi connectivity index (χ1v) is 11.0. The van der Waals surface area contributed by atoms with Crippen LogP contribution in [0.2, 0.25) is 0 Å². The Kier molecular flexibility index (Phi) is 6.11. The number of ether oxygens (including phenoxy) is 1. The van der Waals surface area contributed by atoms with Crippen LogP contribution in [0.1, 0.15) is 15.9 Å². The molecule has 2 N–H and O–H groups in total. The van der Waals surface area contributed by atoms with Gasteiger partial charge < -0.3 is 10.5 Å². The van der Waals surface area contributed by atoms with E-state index in [1.807, 2.05) is 30.3 Å². The average Bonchev–Trinajstić information content (AvgIpc) is 3.02. The van der Waals surface area contributed by atoms with Crippen LogP contribution in [0.4, 0.5) is 4.79 Å². The zero-order valence-electron chi connectivity index (χ0n) is 16.4. The van der Waals surface area contributed by atoms with Crippen LogP contribution in [0.25, 0.3) is 16.8 Å². The number of primary amides is 1. The minimum atomic E-state index is -0.791. The van der Waals surface area contributed by atoms with Crippen LogP contribution in [0, 0.1) is 0 Å². The molecule has 0 radical (unpaired) electrons. The van der Waals surface area contributed by atoms with Crippen LogP contribution in [-0.4, -0.2) is 34.5 Å². The number of imide groups is 1. The molecular formula is C23H15BrN2O5S. The molecule has 4 rings (SSSR count). The second-order valence-corrected chi connectivity index (χ2v) is 8.74. The van der Waals surface area contributed by atoms with Gasteiger partial charge in [0.05, 0.1) is 10.5 Å². The van der Waals surface area contributed by atoms with Gasteiger partial charge in [-0.05, 0) is 52.9 Å². The number of esters is 1. The predicted molar refractivity (Wildman–Crippen MR) is 125 cm³/mol. The van der Waals surface area contributed by atoms with Crippen molar-refractivity contribution < 1.29 is 23.9 Å². The van der Waals surface area contributed by atoms with E-state index in [-0.39, 0.29) is 10.7 Å². The van der Waals surface area contributed by atoms with Gasteiger partial charge in [0.25, 0.3) is 11.1 Å². The summed E-state index contributed by atoms with van der Waals surface area (Å²) in [6.07, 6.45) is 1.45. The number of carbonyl (C=O) groups is 4. The van der Waals surface area contributed by atoms with Crippen molar-refractivity contribution in [1.29, 1.82) is 0 Å². The molecule has 3 aromatic rings. The molecular weight excluding hydrogens is 496 g/mol. The highest BCUT2D eigenvalue weighted by Crippen LogP contribution is 2.35. The van der Waals surface area contributed by atoms with Crippen LogP contribution < -0.4 is 10.5 Å². The summed E-state index contributed by atoms with van der Waals surface area (Å²) >= 11 is 4.05. The van der Waals surface area contributed by atoms with E-state index in [0.717, 1.165) is 15.7 Å². The first kappa shape index (κ1) is 21.8. The topological polar surface area (TPSA) is 107 Å². The Bertz CT molecular complexity index is 1320. The molecule has 32 heavy (non-hydrogen) atoms. The number of hydrogen-bond acceptors (Lipinski definition) is 6. The number of hydrogen-bond donors (Lipinski definition) is 1. The summed E-state index contributed by atoms with van der Waals surface area (Å²) in [4.78, 5) is 49.6. The van der Waals surface area contributed by atoms with Gasteiger partial charge in [0.15, 0.2) is 0 Å². The Morgan fingerprint density at radius 1 is 1.06 bits per heavy atom. The first-order chi connectivity index (χ1) is 15.3. The Balaban J connectivity index is 1.67. The van der Waals surface area contributed by atoms with Crippen molar-refractivity contribution in [2.75, 3.05) is 6.54 Å². The van der Waals surface area contributed by atoms with Gasteiger partial charge in [-0.1, -0.05) is 52.3 Å². The average molecular weight is 511 g/mol. The van der Waals surface area contributed by atoms with Gasteiger partial charge >= 0.3 is 5.97 Å². The maximum atomic E-state index is 13.0. The number of fused-ring (bicyclic) bond motifs is 1. The maximum absolute atomic E-state index is 13.0. The molecule has 3 amide bonds. The summed E-state index contributed by atoms with van der Waals surface area (Å²) in [5.41, 5.74) is 5.93. The Hall–Kier alpha value is -3.43. The summed E-state index contributed by atoms with van der Waals surface area (Å²) < 4.78 is 6.35. The molecule has 0 atom stereocenters. The van der Waals surface area contributed by atoms with Crippen molar-refractivity contribution in [3.63, 3.8) is 0 Å². The van der Waals surface area contributed by atoms with E-state index in [0.29, 0.717) is 27.4 Å². The molecule has 0 bridgehead atoms. The molecule has 0 saturated carbocycles. The number of amides is 3.